The summed E-state index contributed by atoms with van der Waals surface area (Å²) >= 11 is 0. The lowest BCUT2D eigenvalue weighted by atomic mass is 10.1. The van der Waals surface area contributed by atoms with Gasteiger partial charge in [0.25, 0.3) is 0 Å². The average Bonchev–Trinajstić information content (AvgIpc) is 3.43. The number of benzene rings is 1. The van der Waals surface area contributed by atoms with Gasteiger partial charge in [0.1, 0.15) is 11.6 Å². The van der Waals surface area contributed by atoms with Gasteiger partial charge < -0.3 is 15.3 Å². The minimum atomic E-state index is 0.449. The summed E-state index contributed by atoms with van der Waals surface area (Å²) in [4.78, 5) is 19.1. The van der Waals surface area contributed by atoms with E-state index in [0.717, 1.165) is 77.1 Å². The van der Waals surface area contributed by atoms with Gasteiger partial charge in [-0.1, -0.05) is 37.0 Å². The van der Waals surface area contributed by atoms with Crippen molar-refractivity contribution in [1.29, 1.82) is 0 Å². The van der Waals surface area contributed by atoms with Crippen LogP contribution in [-0.4, -0.2) is 57.1 Å². The van der Waals surface area contributed by atoms with Crippen LogP contribution in [0.5, 0.6) is 0 Å². The van der Waals surface area contributed by atoms with E-state index in [1.165, 1.54) is 0 Å². The predicted octanol–water partition coefficient (Wildman–Crippen LogP) is 2.34. The summed E-state index contributed by atoms with van der Waals surface area (Å²) in [5.41, 5.74) is 4.10. The number of rotatable bonds is 5. The molecule has 31 heavy (non-hydrogen) atoms. The highest BCUT2D eigenvalue weighted by Gasteiger charge is 2.20. The number of aromatic amines is 2. The fraction of sp³-hybridized carbons (Fsp3) is 0.280. The topological polar surface area (TPSA) is 72.6 Å². The van der Waals surface area contributed by atoms with Crippen molar-refractivity contribution in [3.63, 3.8) is 0 Å². The molecule has 6 nitrogen and oxygen atoms in total. The smallest absolute Gasteiger partial charge is 0.138 e. The number of aromatic nitrogens is 4. The molecule has 5 rings (SSSR count). The van der Waals surface area contributed by atoms with E-state index in [1.54, 1.807) is 6.08 Å². The van der Waals surface area contributed by atoms with Gasteiger partial charge in [-0.25, -0.2) is 9.97 Å². The fourth-order valence-electron chi connectivity index (χ4n) is 4.28. The minimum absolute atomic E-state index is 0.449. The van der Waals surface area contributed by atoms with E-state index >= 15 is 0 Å². The van der Waals surface area contributed by atoms with E-state index in [0.29, 0.717) is 6.04 Å². The van der Waals surface area contributed by atoms with E-state index in [9.17, 15) is 0 Å². The largest absolute Gasteiger partial charge is 0.338 e. The van der Waals surface area contributed by atoms with Crippen LogP contribution < -0.4 is 16.0 Å². The molecule has 1 saturated heterocycles. The van der Waals surface area contributed by atoms with Crippen LogP contribution >= 0.6 is 0 Å². The predicted molar refractivity (Wildman–Crippen MR) is 128 cm³/mol. The van der Waals surface area contributed by atoms with Gasteiger partial charge in [0.05, 0.1) is 21.7 Å². The minimum Gasteiger partial charge on any atom is -0.338 e. The third kappa shape index (κ3) is 4.04. The van der Waals surface area contributed by atoms with Crippen LogP contribution in [0.4, 0.5) is 0 Å². The molecule has 1 fully saturated rings. The molecule has 0 spiro atoms. The highest BCUT2D eigenvalue weighted by Crippen LogP contribution is 2.22. The molecule has 1 unspecified atom stereocenters. The Morgan fingerprint density at radius 3 is 2.87 bits per heavy atom. The van der Waals surface area contributed by atoms with E-state index in [-0.39, 0.29) is 0 Å². The molecule has 0 bridgehead atoms. The summed E-state index contributed by atoms with van der Waals surface area (Å²) in [6.45, 7) is 10.1. The molecule has 1 aliphatic heterocycles. The molecule has 1 aliphatic carbocycles. The zero-order valence-electron chi connectivity index (χ0n) is 17.9. The second-order valence-corrected chi connectivity index (χ2v) is 8.13. The summed E-state index contributed by atoms with van der Waals surface area (Å²) in [6, 6.07) is 6.71. The number of hydrogen-bond donors (Lipinski definition) is 3. The molecular weight excluding hydrogens is 384 g/mol. The standard InChI is InChI=1S/C25H28N6/c1-3-4-5-6-17(2)24-27-20-9-7-18(15-22(20)29-24)25-28-21-10-8-19(16-23(21)30-25)31-13-11-26-12-14-31/h3-7,9-10,15-16,19,26H,1,8,11-14H2,2H3,(H,27,29)(H,28,30)/b5-4-,17-6+. The average molecular weight is 413 g/mol. The van der Waals surface area contributed by atoms with Crippen LogP contribution in [0, 0.1) is 0 Å². The highest BCUT2D eigenvalue weighted by atomic mass is 15.2. The first-order chi connectivity index (χ1) is 15.2. The molecule has 0 radical (unpaired) electrons. The van der Waals surface area contributed by atoms with Gasteiger partial charge in [-0.3, -0.25) is 4.90 Å². The van der Waals surface area contributed by atoms with E-state index < -0.39 is 0 Å². The monoisotopic (exact) mass is 412 g/mol. The first kappa shape index (κ1) is 19.7. The molecule has 6 heteroatoms. The van der Waals surface area contributed by atoms with Crippen molar-refractivity contribution >= 4 is 28.8 Å². The number of piperazine rings is 1. The summed E-state index contributed by atoms with van der Waals surface area (Å²) in [6.07, 6.45) is 13.3. The van der Waals surface area contributed by atoms with Crippen molar-refractivity contribution in [2.24, 2.45) is 0 Å². The SMILES string of the molecule is C=C/C=C\C=C(/C)c1nc2ccc(-c3nc4c([nH]3)=CC(N3CCNCC3)CC=4)cc2[nH]1. The number of imidazole rings is 2. The second kappa shape index (κ2) is 8.49. The maximum absolute atomic E-state index is 4.86. The first-order valence-electron chi connectivity index (χ1n) is 10.9. The molecule has 3 heterocycles. The zero-order valence-corrected chi connectivity index (χ0v) is 17.9. The molecule has 0 saturated carbocycles. The van der Waals surface area contributed by atoms with Crippen molar-refractivity contribution in [3.8, 4) is 11.4 Å². The Morgan fingerprint density at radius 1 is 1.16 bits per heavy atom. The molecule has 1 aromatic carbocycles. The Bertz CT molecular complexity index is 1280. The van der Waals surface area contributed by atoms with Gasteiger partial charge in [-0.15, -0.1) is 0 Å². The van der Waals surface area contributed by atoms with E-state index in [4.69, 9.17) is 9.97 Å². The lowest BCUT2D eigenvalue weighted by Gasteiger charge is -2.33. The van der Waals surface area contributed by atoms with Gasteiger partial charge >= 0.3 is 0 Å². The zero-order chi connectivity index (χ0) is 21.2. The Hall–Kier alpha value is -3.22. The molecule has 1 atom stereocenters. The van der Waals surface area contributed by atoms with Crippen molar-refractivity contribution in [3.05, 3.63) is 65.6 Å². The first-order valence-corrected chi connectivity index (χ1v) is 10.9. The Morgan fingerprint density at radius 2 is 2.03 bits per heavy atom. The number of hydrogen-bond acceptors (Lipinski definition) is 4. The van der Waals surface area contributed by atoms with Crippen molar-refractivity contribution in [1.82, 2.24) is 30.2 Å². The van der Waals surface area contributed by atoms with Crippen LogP contribution in [0.2, 0.25) is 0 Å². The Labute approximate surface area is 181 Å². The lowest BCUT2D eigenvalue weighted by molar-refractivity contribution is 0.213. The molecule has 2 aromatic heterocycles. The number of fused-ring (bicyclic) bond motifs is 2. The number of nitrogens with zero attached hydrogens (tertiary/aromatic N) is 3. The van der Waals surface area contributed by atoms with Crippen molar-refractivity contribution < 1.29 is 0 Å². The third-order valence-electron chi connectivity index (χ3n) is 6.02. The van der Waals surface area contributed by atoms with Crippen LogP contribution in [0.1, 0.15) is 19.2 Å². The van der Waals surface area contributed by atoms with Crippen LogP contribution in [0.3, 0.4) is 0 Å². The van der Waals surface area contributed by atoms with E-state index in [2.05, 4.69) is 57.1 Å². The Balaban J connectivity index is 1.44. The van der Waals surface area contributed by atoms with Crippen LogP contribution in [0.25, 0.3) is 40.1 Å². The summed E-state index contributed by atoms with van der Waals surface area (Å²) in [5.74, 6) is 1.78. The molecule has 3 aromatic rings. The molecule has 3 N–H and O–H groups in total. The molecule has 158 valence electrons. The summed E-state index contributed by atoms with van der Waals surface area (Å²) in [5, 5.41) is 5.61. The Kier molecular flexibility index (Phi) is 5.40. The van der Waals surface area contributed by atoms with E-state index in [1.807, 2.05) is 25.2 Å². The number of nitrogens with one attached hydrogen (secondary N) is 3. The molecular formula is C25H28N6. The van der Waals surface area contributed by atoms with Crippen molar-refractivity contribution in [2.45, 2.75) is 19.4 Å². The van der Waals surface area contributed by atoms with Crippen LogP contribution in [0.15, 0.2) is 49.1 Å². The van der Waals surface area contributed by atoms with Gasteiger partial charge in [0, 0.05) is 37.8 Å². The van der Waals surface area contributed by atoms with Gasteiger partial charge in [0.15, 0.2) is 0 Å². The van der Waals surface area contributed by atoms with Gasteiger partial charge in [-0.05, 0) is 43.2 Å². The normalized spacial score (nSPS) is 19.9. The van der Waals surface area contributed by atoms with Crippen molar-refractivity contribution in [2.75, 3.05) is 26.2 Å². The third-order valence-corrected chi connectivity index (χ3v) is 6.02. The fourth-order valence-corrected chi connectivity index (χ4v) is 4.28. The quantitative estimate of drug-likeness (QED) is 0.563. The number of H-pyrrole nitrogens is 2. The highest BCUT2D eigenvalue weighted by molar-refractivity contribution is 5.83. The van der Waals surface area contributed by atoms with Gasteiger partial charge in [-0.2, -0.15) is 0 Å². The molecule has 0 amide bonds. The number of allylic oxidation sites excluding steroid dienone is 5. The van der Waals surface area contributed by atoms with Crippen LogP contribution in [-0.2, 0) is 0 Å². The lowest BCUT2D eigenvalue weighted by Crippen LogP contribution is -2.49. The molecule has 2 aliphatic rings. The summed E-state index contributed by atoms with van der Waals surface area (Å²) in [7, 11) is 0. The maximum Gasteiger partial charge on any atom is 0.138 e. The van der Waals surface area contributed by atoms with Gasteiger partial charge in [0.2, 0.25) is 0 Å². The summed E-state index contributed by atoms with van der Waals surface area (Å²) < 4.78 is 0. The second-order valence-electron chi connectivity index (χ2n) is 8.13. The maximum atomic E-state index is 4.86.